The van der Waals surface area contributed by atoms with Crippen LogP contribution in [0, 0.1) is 0 Å². The predicted molar refractivity (Wildman–Crippen MR) is 134 cm³/mol. The molecule has 0 bridgehead atoms. The molecule has 0 unspecified atom stereocenters. The summed E-state index contributed by atoms with van der Waals surface area (Å²) in [5.41, 5.74) is 10.7. The van der Waals surface area contributed by atoms with Crippen molar-refractivity contribution in [2.24, 2.45) is 5.73 Å². The molecule has 4 nitrogen and oxygen atoms in total. The Kier molecular flexibility index (Phi) is 7.34. The largest absolute Gasteiger partial charge is 0.370 e. The van der Waals surface area contributed by atoms with Gasteiger partial charge in [0.2, 0.25) is 5.91 Å². The summed E-state index contributed by atoms with van der Waals surface area (Å²) in [6, 6.07) is 25.3. The fourth-order valence-corrected chi connectivity index (χ4v) is 4.21. The van der Waals surface area contributed by atoms with Gasteiger partial charge in [0.05, 0.1) is 16.7 Å². The van der Waals surface area contributed by atoms with E-state index in [-0.39, 0.29) is 5.91 Å². The third-order valence-corrected chi connectivity index (χ3v) is 5.95. The predicted octanol–water partition coefficient (Wildman–Crippen LogP) is 6.89. The Morgan fingerprint density at radius 1 is 0.719 bits per heavy atom. The number of primary amides is 1. The van der Waals surface area contributed by atoms with Crippen molar-refractivity contribution in [2.45, 2.75) is 51.4 Å². The number of hydrogen-bond donors (Lipinski definition) is 2. The summed E-state index contributed by atoms with van der Waals surface area (Å²) < 4.78 is 0. The van der Waals surface area contributed by atoms with Crippen molar-refractivity contribution in [3.8, 4) is 0 Å². The minimum atomic E-state index is -0.187. The number of amides is 1. The minimum absolute atomic E-state index is 0.187. The van der Waals surface area contributed by atoms with Crippen LogP contribution in [0.1, 0.15) is 50.5 Å². The van der Waals surface area contributed by atoms with Crippen LogP contribution in [0.3, 0.4) is 0 Å². The van der Waals surface area contributed by atoms with Crippen LogP contribution in [0.5, 0.6) is 0 Å². The van der Waals surface area contributed by atoms with Gasteiger partial charge in [-0.15, -0.1) is 0 Å². The average molecular weight is 426 g/mol. The number of nitrogens with two attached hydrogens (primary N) is 1. The zero-order chi connectivity index (χ0) is 22.2. The fourth-order valence-electron chi connectivity index (χ4n) is 4.21. The van der Waals surface area contributed by atoms with Gasteiger partial charge in [-0.1, -0.05) is 74.2 Å². The summed E-state index contributed by atoms with van der Waals surface area (Å²) in [6.45, 7) is 0. The molecule has 1 amide bonds. The summed E-state index contributed by atoms with van der Waals surface area (Å²) in [6.07, 6.45) is 8.47. The molecule has 1 heterocycles. The standard InChI is InChI=1S/C28H31N3O/c29-27(32)16-6-4-2-1-3-5-11-21-17-19-22(20-18-21)30-28-23-12-7-9-14-25(23)31-26-15-10-8-13-24(26)28/h7-10,12-15,17-20H,1-6,11,16H2,(H2,29,32)(H,30,31). The number of nitrogens with zero attached hydrogens (tertiary/aromatic N) is 1. The normalized spacial score (nSPS) is 11.1. The van der Waals surface area contributed by atoms with Gasteiger partial charge in [0.1, 0.15) is 0 Å². The highest BCUT2D eigenvalue weighted by Crippen LogP contribution is 2.33. The van der Waals surface area contributed by atoms with Gasteiger partial charge in [-0.3, -0.25) is 4.79 Å². The highest BCUT2D eigenvalue weighted by molar-refractivity contribution is 6.08. The number of pyridine rings is 1. The molecule has 0 saturated heterocycles. The molecule has 0 fully saturated rings. The van der Waals surface area contributed by atoms with E-state index in [9.17, 15) is 4.79 Å². The monoisotopic (exact) mass is 425 g/mol. The molecule has 0 aliphatic carbocycles. The van der Waals surface area contributed by atoms with E-state index < -0.39 is 0 Å². The lowest BCUT2D eigenvalue weighted by Crippen LogP contribution is -2.09. The summed E-state index contributed by atoms with van der Waals surface area (Å²) in [5, 5.41) is 5.91. The van der Waals surface area contributed by atoms with Gasteiger partial charge in [-0.05, 0) is 49.1 Å². The second-order valence-corrected chi connectivity index (χ2v) is 8.43. The van der Waals surface area contributed by atoms with Gasteiger partial charge < -0.3 is 11.1 Å². The molecule has 32 heavy (non-hydrogen) atoms. The first-order valence-corrected chi connectivity index (χ1v) is 11.6. The average Bonchev–Trinajstić information content (AvgIpc) is 2.81. The lowest BCUT2D eigenvalue weighted by Gasteiger charge is -2.13. The van der Waals surface area contributed by atoms with Crippen molar-refractivity contribution in [2.75, 3.05) is 5.32 Å². The molecule has 4 rings (SSSR count). The van der Waals surface area contributed by atoms with Crippen LogP contribution in [-0.4, -0.2) is 10.9 Å². The number of para-hydroxylation sites is 2. The van der Waals surface area contributed by atoms with Crippen LogP contribution in [0.25, 0.3) is 21.8 Å². The van der Waals surface area contributed by atoms with Gasteiger partial charge in [-0.25, -0.2) is 4.98 Å². The number of unbranched alkanes of at least 4 members (excludes halogenated alkanes) is 5. The van der Waals surface area contributed by atoms with Crippen molar-refractivity contribution in [3.63, 3.8) is 0 Å². The van der Waals surface area contributed by atoms with E-state index in [1.54, 1.807) is 0 Å². The molecule has 4 heteroatoms. The maximum Gasteiger partial charge on any atom is 0.217 e. The Labute approximate surface area is 189 Å². The molecule has 0 aliphatic rings. The second kappa shape index (κ2) is 10.8. The van der Waals surface area contributed by atoms with Crippen molar-refractivity contribution in [3.05, 3.63) is 78.4 Å². The third-order valence-electron chi connectivity index (χ3n) is 5.95. The van der Waals surface area contributed by atoms with E-state index in [0.717, 1.165) is 52.4 Å². The van der Waals surface area contributed by atoms with Crippen molar-refractivity contribution >= 4 is 39.1 Å². The molecule has 164 valence electrons. The summed E-state index contributed by atoms with van der Waals surface area (Å²) in [4.78, 5) is 15.6. The molecule has 1 aromatic heterocycles. The Bertz CT molecular complexity index is 1130. The molecule has 0 saturated carbocycles. The lowest BCUT2D eigenvalue weighted by molar-refractivity contribution is -0.118. The van der Waals surface area contributed by atoms with Gasteiger partial charge in [0.15, 0.2) is 0 Å². The van der Waals surface area contributed by atoms with Gasteiger partial charge in [0.25, 0.3) is 0 Å². The van der Waals surface area contributed by atoms with E-state index in [0.29, 0.717) is 6.42 Å². The van der Waals surface area contributed by atoms with Crippen molar-refractivity contribution in [1.29, 1.82) is 0 Å². The number of hydrogen-bond acceptors (Lipinski definition) is 3. The Balaban J connectivity index is 1.35. The van der Waals surface area contributed by atoms with E-state index in [1.807, 2.05) is 12.1 Å². The van der Waals surface area contributed by atoms with Gasteiger partial charge in [0, 0.05) is 22.9 Å². The smallest absolute Gasteiger partial charge is 0.217 e. The van der Waals surface area contributed by atoms with E-state index >= 15 is 0 Å². The molecule has 3 N–H and O–H groups in total. The van der Waals surface area contributed by atoms with Gasteiger partial charge >= 0.3 is 0 Å². The highest BCUT2D eigenvalue weighted by atomic mass is 16.1. The number of aryl methyl sites for hydroxylation is 1. The first-order valence-electron chi connectivity index (χ1n) is 11.6. The van der Waals surface area contributed by atoms with Crippen LogP contribution < -0.4 is 11.1 Å². The maximum atomic E-state index is 10.7. The lowest BCUT2D eigenvalue weighted by atomic mass is 10.0. The Morgan fingerprint density at radius 3 is 1.91 bits per heavy atom. The molecule has 0 aliphatic heterocycles. The van der Waals surface area contributed by atoms with Crippen LogP contribution in [-0.2, 0) is 11.2 Å². The number of carbonyl (C=O) groups excluding carboxylic acids is 1. The van der Waals surface area contributed by atoms with E-state index in [1.165, 1.54) is 31.2 Å². The SMILES string of the molecule is NC(=O)CCCCCCCCc1ccc(Nc2c3ccccc3nc3ccccc23)cc1. The number of rotatable bonds is 11. The summed E-state index contributed by atoms with van der Waals surface area (Å²) in [7, 11) is 0. The van der Waals surface area contributed by atoms with Crippen LogP contribution in [0.4, 0.5) is 11.4 Å². The molecular formula is C28H31N3O. The number of aromatic nitrogens is 1. The van der Waals surface area contributed by atoms with E-state index in [4.69, 9.17) is 10.7 Å². The summed E-state index contributed by atoms with van der Waals surface area (Å²) >= 11 is 0. The fraction of sp³-hybridized carbons (Fsp3) is 0.286. The molecule has 4 aromatic rings. The van der Waals surface area contributed by atoms with E-state index in [2.05, 4.69) is 66.0 Å². The molecule has 0 spiro atoms. The minimum Gasteiger partial charge on any atom is -0.370 e. The van der Waals surface area contributed by atoms with Crippen LogP contribution in [0.2, 0.25) is 0 Å². The number of fused-ring (bicyclic) bond motifs is 2. The maximum absolute atomic E-state index is 10.7. The number of nitrogens with one attached hydrogen (secondary N) is 1. The molecular weight excluding hydrogens is 394 g/mol. The second-order valence-electron chi connectivity index (χ2n) is 8.43. The van der Waals surface area contributed by atoms with Crippen molar-refractivity contribution in [1.82, 2.24) is 4.98 Å². The third kappa shape index (κ3) is 5.64. The Morgan fingerprint density at radius 2 is 1.28 bits per heavy atom. The first kappa shape index (κ1) is 21.8. The number of benzene rings is 3. The van der Waals surface area contributed by atoms with Crippen LogP contribution in [0.15, 0.2) is 72.8 Å². The number of carbonyl (C=O) groups is 1. The quantitative estimate of drug-likeness (QED) is 0.203. The molecule has 0 atom stereocenters. The number of anilines is 2. The highest BCUT2D eigenvalue weighted by Gasteiger charge is 2.09. The zero-order valence-electron chi connectivity index (χ0n) is 18.5. The van der Waals surface area contributed by atoms with Crippen molar-refractivity contribution < 1.29 is 4.79 Å². The summed E-state index contributed by atoms with van der Waals surface area (Å²) in [5.74, 6) is -0.187. The molecule has 0 radical (unpaired) electrons. The molecule has 3 aromatic carbocycles. The topological polar surface area (TPSA) is 68.0 Å². The Hall–Kier alpha value is -3.40. The zero-order valence-corrected chi connectivity index (χ0v) is 18.5. The first-order chi connectivity index (χ1) is 15.7. The van der Waals surface area contributed by atoms with Crippen LogP contribution >= 0.6 is 0 Å². The van der Waals surface area contributed by atoms with Gasteiger partial charge in [-0.2, -0.15) is 0 Å².